The van der Waals surface area contributed by atoms with E-state index in [0.717, 1.165) is 6.42 Å². The zero-order chi connectivity index (χ0) is 14.8. The fourth-order valence-electron chi connectivity index (χ4n) is 1.14. The van der Waals surface area contributed by atoms with Gasteiger partial charge in [-0.2, -0.15) is 0 Å². The molecule has 0 aromatic carbocycles. The van der Waals surface area contributed by atoms with E-state index in [0.29, 0.717) is 32.6 Å². The molecule has 2 N–H and O–H groups in total. The second-order valence-corrected chi connectivity index (χ2v) is 3.89. The third kappa shape index (κ3) is 20.4. The SMILES string of the molecule is C[B]COCCCO.C[B]CO[C@H](CCO)COC. The lowest BCUT2D eigenvalue weighted by atomic mass is 9.84. The molecule has 0 rings (SSSR count). The van der Waals surface area contributed by atoms with Gasteiger partial charge in [-0.25, -0.2) is 0 Å². The minimum absolute atomic E-state index is 0.0289. The van der Waals surface area contributed by atoms with Gasteiger partial charge in [0, 0.05) is 39.9 Å². The normalized spacial score (nSPS) is 11.4. The molecule has 1 atom stereocenters. The molecule has 112 valence electrons. The monoisotopic (exact) mass is 274 g/mol. The van der Waals surface area contributed by atoms with Crippen LogP contribution >= 0.6 is 0 Å². The van der Waals surface area contributed by atoms with Crippen LogP contribution in [-0.4, -0.2) is 77.4 Å². The molecular formula is C12H28B2O5. The summed E-state index contributed by atoms with van der Waals surface area (Å²) in [4.78, 5) is 0. The summed E-state index contributed by atoms with van der Waals surface area (Å²) in [6.07, 6.45) is 1.41. The minimum atomic E-state index is 0.0289. The number of rotatable bonds is 12. The zero-order valence-electron chi connectivity index (χ0n) is 12.5. The second kappa shape index (κ2) is 20.3. The highest BCUT2D eigenvalue weighted by Gasteiger charge is 2.06. The summed E-state index contributed by atoms with van der Waals surface area (Å²) in [6, 6.07) is 0. The van der Waals surface area contributed by atoms with Crippen LogP contribution in [0.15, 0.2) is 0 Å². The maximum atomic E-state index is 8.62. The Morgan fingerprint density at radius 1 is 1.05 bits per heavy atom. The van der Waals surface area contributed by atoms with Gasteiger partial charge in [0.2, 0.25) is 0 Å². The average molecular weight is 274 g/mol. The van der Waals surface area contributed by atoms with Gasteiger partial charge < -0.3 is 24.4 Å². The molecule has 0 fully saturated rings. The Morgan fingerprint density at radius 3 is 2.21 bits per heavy atom. The standard InChI is InChI=1S/C7H16BO3.C5H12BO2/c1-8-6-11-7(3-4-9)5-10-2;1-6-5-8-4-2-3-7/h7,9H,3-6H2,1-2H3;7H,2-5H2,1H3/t7-;/m1./s1. The van der Waals surface area contributed by atoms with Crippen molar-refractivity contribution in [2.45, 2.75) is 32.6 Å². The molecule has 0 saturated carbocycles. The highest BCUT2D eigenvalue weighted by Crippen LogP contribution is 1.97. The molecule has 7 heteroatoms. The smallest absolute Gasteiger partial charge is 0.141 e. The lowest BCUT2D eigenvalue weighted by molar-refractivity contribution is 0.00473. The first-order chi connectivity index (χ1) is 9.26. The van der Waals surface area contributed by atoms with Gasteiger partial charge in [0.1, 0.15) is 14.6 Å². The number of ether oxygens (including phenoxy) is 3. The molecule has 0 heterocycles. The molecular weight excluding hydrogens is 246 g/mol. The van der Waals surface area contributed by atoms with Gasteiger partial charge in [-0.05, 0) is 12.8 Å². The van der Waals surface area contributed by atoms with Crippen LogP contribution in [-0.2, 0) is 14.2 Å². The van der Waals surface area contributed by atoms with E-state index < -0.39 is 0 Å². The van der Waals surface area contributed by atoms with Crippen LogP contribution < -0.4 is 0 Å². The van der Waals surface area contributed by atoms with Gasteiger partial charge >= 0.3 is 0 Å². The molecule has 0 aromatic rings. The average Bonchev–Trinajstić information content (AvgIpc) is 2.42. The molecule has 0 unspecified atom stereocenters. The maximum Gasteiger partial charge on any atom is 0.141 e. The van der Waals surface area contributed by atoms with Gasteiger partial charge in [-0.3, -0.25) is 0 Å². The third-order valence-corrected chi connectivity index (χ3v) is 2.03. The van der Waals surface area contributed by atoms with E-state index in [1.165, 1.54) is 0 Å². The molecule has 19 heavy (non-hydrogen) atoms. The van der Waals surface area contributed by atoms with Gasteiger partial charge in [-0.15, -0.1) is 0 Å². The molecule has 2 radical (unpaired) electrons. The molecule has 0 bridgehead atoms. The molecule has 5 nitrogen and oxygen atoms in total. The number of aliphatic hydroxyl groups excluding tert-OH is 2. The van der Waals surface area contributed by atoms with Crippen molar-refractivity contribution in [3.05, 3.63) is 0 Å². The first-order valence-electron chi connectivity index (χ1n) is 6.72. The quantitative estimate of drug-likeness (QED) is 0.393. The van der Waals surface area contributed by atoms with Crippen molar-refractivity contribution >= 4 is 14.6 Å². The first kappa shape index (κ1) is 21.2. The van der Waals surface area contributed by atoms with E-state index in [1.807, 2.05) is 28.2 Å². The fourth-order valence-corrected chi connectivity index (χ4v) is 1.14. The number of methoxy groups -OCH3 is 1. The summed E-state index contributed by atoms with van der Waals surface area (Å²) in [5.41, 5.74) is 0. The van der Waals surface area contributed by atoms with Crippen molar-refractivity contribution < 1.29 is 24.4 Å². The molecule has 0 aliphatic heterocycles. The number of aliphatic hydroxyl groups is 2. The van der Waals surface area contributed by atoms with Crippen molar-refractivity contribution in [1.82, 2.24) is 0 Å². The van der Waals surface area contributed by atoms with Crippen molar-refractivity contribution in [2.24, 2.45) is 0 Å². The largest absolute Gasteiger partial charge is 0.396 e. The minimum Gasteiger partial charge on any atom is -0.396 e. The van der Waals surface area contributed by atoms with Crippen LogP contribution in [0, 0.1) is 0 Å². The number of hydrogen-bond acceptors (Lipinski definition) is 5. The topological polar surface area (TPSA) is 68.2 Å². The van der Waals surface area contributed by atoms with Gasteiger partial charge in [-0.1, -0.05) is 13.6 Å². The van der Waals surface area contributed by atoms with E-state index >= 15 is 0 Å². The third-order valence-electron chi connectivity index (χ3n) is 2.03. The predicted octanol–water partition coefficient (Wildman–Crippen LogP) is 0.205. The summed E-state index contributed by atoms with van der Waals surface area (Å²) >= 11 is 0. The van der Waals surface area contributed by atoms with Gasteiger partial charge in [0.05, 0.1) is 12.7 Å². The van der Waals surface area contributed by atoms with E-state index in [2.05, 4.69) is 0 Å². The van der Waals surface area contributed by atoms with E-state index in [1.54, 1.807) is 7.11 Å². The van der Waals surface area contributed by atoms with Crippen LogP contribution in [0.2, 0.25) is 13.6 Å². The van der Waals surface area contributed by atoms with Crippen LogP contribution in [0.5, 0.6) is 0 Å². The summed E-state index contributed by atoms with van der Waals surface area (Å²) in [6.45, 7) is 6.78. The first-order valence-corrected chi connectivity index (χ1v) is 6.72. The summed E-state index contributed by atoms with van der Waals surface area (Å²) in [5, 5.41) is 16.9. The van der Waals surface area contributed by atoms with Crippen LogP contribution in [0.3, 0.4) is 0 Å². The van der Waals surface area contributed by atoms with Crippen molar-refractivity contribution in [3.63, 3.8) is 0 Å². The Kier molecular flexibility index (Phi) is 22.6. The summed E-state index contributed by atoms with van der Waals surface area (Å²) in [7, 11) is 5.50. The zero-order valence-corrected chi connectivity index (χ0v) is 12.5. The second-order valence-electron chi connectivity index (χ2n) is 3.89. The van der Waals surface area contributed by atoms with Crippen LogP contribution in [0.1, 0.15) is 12.8 Å². The maximum absolute atomic E-state index is 8.62. The van der Waals surface area contributed by atoms with E-state index in [4.69, 9.17) is 24.4 Å². The van der Waals surface area contributed by atoms with Crippen LogP contribution in [0.4, 0.5) is 0 Å². The van der Waals surface area contributed by atoms with Crippen molar-refractivity contribution in [1.29, 1.82) is 0 Å². The van der Waals surface area contributed by atoms with Crippen molar-refractivity contribution in [3.8, 4) is 0 Å². The highest BCUT2D eigenvalue weighted by molar-refractivity contribution is 6.33. The van der Waals surface area contributed by atoms with Crippen molar-refractivity contribution in [2.75, 3.05) is 46.5 Å². The Labute approximate surface area is 119 Å². The molecule has 0 aliphatic carbocycles. The molecule has 0 saturated heterocycles. The van der Waals surface area contributed by atoms with Gasteiger partial charge in [0.15, 0.2) is 0 Å². The highest BCUT2D eigenvalue weighted by atomic mass is 16.5. The lowest BCUT2D eigenvalue weighted by Gasteiger charge is -2.14. The summed E-state index contributed by atoms with van der Waals surface area (Å²) in [5.74, 6) is 0. The van der Waals surface area contributed by atoms with Gasteiger partial charge in [0.25, 0.3) is 0 Å². The fraction of sp³-hybridized carbons (Fsp3) is 1.00. The predicted molar refractivity (Wildman–Crippen MR) is 79.1 cm³/mol. The molecule has 0 spiro atoms. The Bertz CT molecular complexity index is 140. The van der Waals surface area contributed by atoms with E-state index in [-0.39, 0.29) is 19.3 Å². The lowest BCUT2D eigenvalue weighted by Crippen LogP contribution is -2.22. The molecule has 0 aromatic heterocycles. The Hall–Kier alpha value is -0.0701. The summed E-state index contributed by atoms with van der Waals surface area (Å²) < 4.78 is 15.2. The molecule has 0 aliphatic rings. The van der Waals surface area contributed by atoms with E-state index in [9.17, 15) is 0 Å². The Morgan fingerprint density at radius 2 is 1.74 bits per heavy atom. The van der Waals surface area contributed by atoms with Crippen LogP contribution in [0.25, 0.3) is 0 Å². The Balaban J connectivity index is 0. The molecule has 0 amide bonds. The number of hydrogen-bond donors (Lipinski definition) is 2.